The third-order valence-electron chi connectivity index (χ3n) is 3.62. The van der Waals surface area contributed by atoms with Crippen LogP contribution in [0.25, 0.3) is 11.0 Å². The van der Waals surface area contributed by atoms with Crippen LogP contribution in [0.1, 0.15) is 12.5 Å². The van der Waals surface area contributed by atoms with Crippen LogP contribution in [0.15, 0.2) is 46.0 Å². The van der Waals surface area contributed by atoms with Crippen LogP contribution in [-0.4, -0.2) is 25.8 Å². The molecule has 0 saturated heterocycles. The summed E-state index contributed by atoms with van der Waals surface area (Å²) >= 11 is 3.18. The van der Waals surface area contributed by atoms with Gasteiger partial charge in [0, 0.05) is 22.6 Å². The van der Waals surface area contributed by atoms with Crippen molar-refractivity contribution in [1.82, 2.24) is 9.55 Å². The van der Waals surface area contributed by atoms with Gasteiger partial charge in [-0.05, 0) is 25.1 Å². The summed E-state index contributed by atoms with van der Waals surface area (Å²) in [5, 5.41) is 25.0. The number of halogens is 1. The van der Waals surface area contributed by atoms with Crippen molar-refractivity contribution in [3.63, 3.8) is 0 Å². The van der Waals surface area contributed by atoms with Crippen molar-refractivity contribution in [1.29, 1.82) is 0 Å². The number of nitro benzene ring substituents is 1. The van der Waals surface area contributed by atoms with E-state index in [1.807, 2.05) is 35.8 Å². The van der Waals surface area contributed by atoms with Gasteiger partial charge in [-0.3, -0.25) is 10.1 Å². The average Bonchev–Trinajstić information content (AvgIpc) is 2.94. The van der Waals surface area contributed by atoms with Crippen molar-refractivity contribution >= 4 is 44.8 Å². The molecule has 0 fully saturated rings. The predicted molar refractivity (Wildman–Crippen MR) is 99.1 cm³/mol. The molecule has 9 heteroatoms. The lowest BCUT2D eigenvalue weighted by Crippen LogP contribution is -2.02. The minimum atomic E-state index is -0.651. The Hall–Kier alpha value is -2.94. The summed E-state index contributed by atoms with van der Waals surface area (Å²) in [4.78, 5) is 14.8. The Balaban J connectivity index is 1.91. The molecule has 8 nitrogen and oxygen atoms in total. The average molecular weight is 404 g/mol. The lowest BCUT2D eigenvalue weighted by atomic mass is 10.2. The molecule has 0 aliphatic rings. The number of anilines is 1. The molecule has 0 bridgehead atoms. The first kappa shape index (κ1) is 16.9. The van der Waals surface area contributed by atoms with Crippen molar-refractivity contribution < 1.29 is 10.0 Å². The number of imidazole rings is 1. The van der Waals surface area contributed by atoms with Crippen LogP contribution >= 0.6 is 15.9 Å². The highest BCUT2D eigenvalue weighted by Gasteiger charge is 2.17. The maximum Gasteiger partial charge on any atom is 0.312 e. The molecule has 0 aliphatic heterocycles. The number of aromatic hydroxyl groups is 1. The molecule has 0 unspecified atom stereocenters. The van der Waals surface area contributed by atoms with E-state index in [0.717, 1.165) is 11.0 Å². The number of nitrogens with zero attached hydrogens (tertiary/aromatic N) is 4. The smallest absolute Gasteiger partial charge is 0.312 e. The zero-order valence-electron chi connectivity index (χ0n) is 13.2. The van der Waals surface area contributed by atoms with Crippen LogP contribution in [0.2, 0.25) is 0 Å². The number of benzene rings is 2. The number of phenols is 1. The van der Waals surface area contributed by atoms with Crippen LogP contribution in [0, 0.1) is 10.1 Å². The Morgan fingerprint density at radius 2 is 2.20 bits per heavy atom. The fourth-order valence-electron chi connectivity index (χ4n) is 2.48. The maximum absolute atomic E-state index is 11.0. The van der Waals surface area contributed by atoms with Gasteiger partial charge in [0.15, 0.2) is 0 Å². The zero-order chi connectivity index (χ0) is 18.0. The largest absolute Gasteiger partial charge is 0.502 e. The molecular formula is C16H14BrN5O3. The summed E-state index contributed by atoms with van der Waals surface area (Å²) in [6.07, 6.45) is 1.31. The number of hydrazone groups is 1. The van der Waals surface area contributed by atoms with E-state index in [1.165, 1.54) is 18.3 Å². The maximum atomic E-state index is 11.0. The number of para-hydroxylation sites is 2. The zero-order valence-corrected chi connectivity index (χ0v) is 14.8. The van der Waals surface area contributed by atoms with Gasteiger partial charge in [-0.25, -0.2) is 10.4 Å². The van der Waals surface area contributed by atoms with E-state index in [0.29, 0.717) is 17.0 Å². The highest BCUT2D eigenvalue weighted by Crippen LogP contribution is 2.32. The minimum Gasteiger partial charge on any atom is -0.502 e. The van der Waals surface area contributed by atoms with Crippen LogP contribution in [0.3, 0.4) is 0 Å². The van der Waals surface area contributed by atoms with Crippen molar-refractivity contribution in [2.75, 3.05) is 5.43 Å². The fourth-order valence-corrected chi connectivity index (χ4v) is 2.95. The molecule has 0 radical (unpaired) electrons. The molecule has 3 rings (SSSR count). The second-order valence-electron chi connectivity index (χ2n) is 5.16. The lowest BCUT2D eigenvalue weighted by molar-refractivity contribution is -0.385. The molecular weight excluding hydrogens is 390 g/mol. The first-order valence-corrected chi connectivity index (χ1v) is 8.21. The number of hydrogen-bond acceptors (Lipinski definition) is 6. The minimum absolute atomic E-state index is 0.215. The standard InChI is InChI=1S/C16H14BrN5O3/c1-2-21-13-6-4-3-5-12(13)19-16(21)20-18-9-10-7-11(17)8-14(15(10)23)22(24)25/h3-9,23H,2H2,1H3,(H,19,20)/b18-9-. The van der Waals surface area contributed by atoms with Crippen LogP contribution in [-0.2, 0) is 6.54 Å². The molecule has 3 aromatic rings. The van der Waals surface area contributed by atoms with E-state index in [9.17, 15) is 15.2 Å². The molecule has 0 spiro atoms. The Morgan fingerprint density at radius 1 is 1.44 bits per heavy atom. The third kappa shape index (κ3) is 3.31. The monoisotopic (exact) mass is 403 g/mol. The van der Waals surface area contributed by atoms with Gasteiger partial charge >= 0.3 is 5.69 Å². The van der Waals surface area contributed by atoms with Gasteiger partial charge < -0.3 is 9.67 Å². The molecule has 0 amide bonds. The lowest BCUT2D eigenvalue weighted by Gasteiger charge is -2.05. The molecule has 0 aliphatic carbocycles. The van der Waals surface area contributed by atoms with Gasteiger partial charge in [-0.1, -0.05) is 28.1 Å². The third-order valence-corrected chi connectivity index (χ3v) is 4.08. The molecule has 25 heavy (non-hydrogen) atoms. The molecule has 2 aromatic carbocycles. The molecule has 128 valence electrons. The van der Waals surface area contributed by atoms with E-state index >= 15 is 0 Å². The fraction of sp³-hybridized carbons (Fsp3) is 0.125. The van der Waals surface area contributed by atoms with E-state index in [2.05, 4.69) is 31.4 Å². The number of fused-ring (bicyclic) bond motifs is 1. The van der Waals surface area contributed by atoms with E-state index in [-0.39, 0.29) is 5.56 Å². The van der Waals surface area contributed by atoms with Crippen molar-refractivity contribution in [3.8, 4) is 5.75 Å². The number of rotatable bonds is 5. The quantitative estimate of drug-likeness (QED) is 0.382. The molecule has 1 aromatic heterocycles. The van der Waals surface area contributed by atoms with Gasteiger partial charge in [0.2, 0.25) is 11.7 Å². The number of phenolic OH excluding ortho intramolecular Hbond substituents is 1. The Morgan fingerprint density at radius 3 is 2.92 bits per heavy atom. The van der Waals surface area contributed by atoms with Crippen molar-refractivity contribution in [3.05, 3.63) is 56.5 Å². The van der Waals surface area contributed by atoms with Gasteiger partial charge in [-0.15, -0.1) is 0 Å². The first-order valence-electron chi connectivity index (χ1n) is 7.42. The summed E-state index contributed by atoms with van der Waals surface area (Å²) in [5.41, 5.74) is 4.46. The second-order valence-corrected chi connectivity index (χ2v) is 6.07. The second kappa shape index (κ2) is 6.89. The number of nitro groups is 1. The van der Waals surface area contributed by atoms with E-state index < -0.39 is 16.4 Å². The Kier molecular flexibility index (Phi) is 4.66. The molecule has 1 heterocycles. The first-order chi connectivity index (χ1) is 12.0. The number of hydrogen-bond donors (Lipinski definition) is 2. The van der Waals surface area contributed by atoms with E-state index in [4.69, 9.17) is 0 Å². The van der Waals surface area contributed by atoms with Crippen LogP contribution < -0.4 is 5.43 Å². The highest BCUT2D eigenvalue weighted by atomic mass is 79.9. The van der Waals surface area contributed by atoms with Crippen molar-refractivity contribution in [2.45, 2.75) is 13.5 Å². The van der Waals surface area contributed by atoms with Crippen LogP contribution in [0.5, 0.6) is 5.75 Å². The molecule has 2 N–H and O–H groups in total. The number of nitrogens with one attached hydrogen (secondary N) is 1. The predicted octanol–water partition coefficient (Wildman–Crippen LogP) is 3.88. The van der Waals surface area contributed by atoms with E-state index in [1.54, 1.807) is 0 Å². The van der Waals surface area contributed by atoms with Gasteiger partial charge in [0.05, 0.1) is 22.2 Å². The van der Waals surface area contributed by atoms with Gasteiger partial charge in [0.25, 0.3) is 0 Å². The Bertz CT molecular complexity index is 983. The number of aryl methyl sites for hydroxylation is 1. The van der Waals surface area contributed by atoms with Crippen LogP contribution in [0.4, 0.5) is 11.6 Å². The summed E-state index contributed by atoms with van der Waals surface area (Å²) in [6, 6.07) is 10.5. The van der Waals surface area contributed by atoms with Crippen molar-refractivity contribution in [2.24, 2.45) is 5.10 Å². The summed E-state index contributed by atoms with van der Waals surface area (Å²) in [6.45, 7) is 2.69. The summed E-state index contributed by atoms with van der Waals surface area (Å²) < 4.78 is 2.43. The topological polar surface area (TPSA) is 106 Å². The molecule has 0 saturated carbocycles. The SMILES string of the molecule is CCn1c(N/N=C\c2cc(Br)cc([N+](=O)[O-])c2O)nc2ccccc21. The highest BCUT2D eigenvalue weighted by molar-refractivity contribution is 9.10. The summed E-state index contributed by atoms with van der Waals surface area (Å²) in [7, 11) is 0. The normalized spacial score (nSPS) is 11.3. The van der Waals surface area contributed by atoms with Gasteiger partial charge in [-0.2, -0.15) is 5.10 Å². The number of aromatic nitrogens is 2. The molecule has 0 atom stereocenters. The Labute approximate surface area is 151 Å². The summed E-state index contributed by atoms with van der Waals surface area (Å²) in [5.74, 6) is 0.103. The van der Waals surface area contributed by atoms with Gasteiger partial charge in [0.1, 0.15) is 0 Å².